The molecular weight excluding hydrogens is 455 g/mol. The number of benzene rings is 1. The minimum Gasteiger partial charge on any atom is -0.418 e. The van der Waals surface area contributed by atoms with E-state index in [0.29, 0.717) is 38.0 Å². The molecule has 2 aromatic heterocycles. The van der Waals surface area contributed by atoms with Crippen LogP contribution in [-0.4, -0.2) is 54.0 Å². The van der Waals surface area contributed by atoms with Crippen molar-refractivity contribution in [3.63, 3.8) is 0 Å². The fourth-order valence-electron chi connectivity index (χ4n) is 3.21. The average Bonchev–Trinajstić information content (AvgIpc) is 3.41. The number of rotatable bonds is 5. The van der Waals surface area contributed by atoms with Crippen molar-refractivity contribution in [1.82, 2.24) is 19.4 Å². The Labute approximate surface area is 182 Å². The molecule has 29 heavy (non-hydrogen) atoms. The molecule has 1 fully saturated rings. The first-order valence-electron chi connectivity index (χ1n) is 8.93. The Morgan fingerprint density at radius 3 is 2.55 bits per heavy atom. The molecule has 1 aliphatic heterocycles. The second-order valence-corrected chi connectivity index (χ2v) is 10.2. The normalized spacial score (nSPS) is 17.5. The van der Waals surface area contributed by atoms with Gasteiger partial charge in [-0.1, -0.05) is 35.3 Å². The summed E-state index contributed by atoms with van der Waals surface area (Å²) < 4.78 is 33.2. The summed E-state index contributed by atoms with van der Waals surface area (Å²) in [5.74, 6) is 1.02. The third-order valence-electron chi connectivity index (χ3n) is 4.88. The fraction of sp³-hybridized carbons (Fsp3) is 0.333. The maximum atomic E-state index is 13.0. The summed E-state index contributed by atoms with van der Waals surface area (Å²) in [6.45, 7) is 3.72. The molecule has 11 heteroatoms. The van der Waals surface area contributed by atoms with E-state index in [-0.39, 0.29) is 21.0 Å². The molecular formula is C18H18Cl2N4O3S2. The quantitative estimate of drug-likeness (QED) is 0.554. The van der Waals surface area contributed by atoms with Crippen LogP contribution in [0, 0.1) is 0 Å². The lowest BCUT2D eigenvalue weighted by Crippen LogP contribution is -2.49. The smallest absolute Gasteiger partial charge is 0.257 e. The van der Waals surface area contributed by atoms with E-state index < -0.39 is 10.0 Å². The first-order valence-corrected chi connectivity index (χ1v) is 12.0. The van der Waals surface area contributed by atoms with E-state index in [1.165, 1.54) is 21.7 Å². The number of hydrogen-bond acceptors (Lipinski definition) is 7. The molecule has 3 aromatic rings. The van der Waals surface area contributed by atoms with Crippen molar-refractivity contribution >= 4 is 44.6 Å². The molecule has 3 heterocycles. The topological polar surface area (TPSA) is 79.5 Å². The van der Waals surface area contributed by atoms with Crippen molar-refractivity contribution in [2.45, 2.75) is 17.9 Å². The number of sulfonamides is 1. The number of hydrogen-bond donors (Lipinski definition) is 0. The lowest BCUT2D eigenvalue weighted by Gasteiger charge is -2.36. The number of halogens is 2. The molecule has 0 aliphatic carbocycles. The molecule has 0 bridgehead atoms. The van der Waals surface area contributed by atoms with E-state index >= 15 is 0 Å². The van der Waals surface area contributed by atoms with Gasteiger partial charge in [-0.25, -0.2) is 8.42 Å². The maximum Gasteiger partial charge on any atom is 0.257 e. The van der Waals surface area contributed by atoms with Crippen molar-refractivity contribution in [3.05, 3.63) is 51.6 Å². The lowest BCUT2D eigenvalue weighted by atomic mass is 10.2. The highest BCUT2D eigenvalue weighted by atomic mass is 35.5. The van der Waals surface area contributed by atoms with Gasteiger partial charge in [0.2, 0.25) is 15.9 Å². The Kier molecular flexibility index (Phi) is 5.97. The summed E-state index contributed by atoms with van der Waals surface area (Å²) in [6.07, 6.45) is 0. The largest absolute Gasteiger partial charge is 0.418 e. The maximum absolute atomic E-state index is 13.0. The Morgan fingerprint density at radius 1 is 1.10 bits per heavy atom. The minimum atomic E-state index is -3.71. The van der Waals surface area contributed by atoms with Crippen molar-refractivity contribution < 1.29 is 12.8 Å². The Bertz CT molecular complexity index is 1090. The molecule has 0 spiro atoms. The summed E-state index contributed by atoms with van der Waals surface area (Å²) >= 11 is 13.6. The van der Waals surface area contributed by atoms with Gasteiger partial charge in [-0.05, 0) is 30.5 Å². The molecule has 1 aliphatic rings. The molecule has 1 aromatic carbocycles. The third kappa shape index (κ3) is 4.08. The number of thiophene rings is 1. The highest BCUT2D eigenvalue weighted by Crippen LogP contribution is 2.32. The van der Waals surface area contributed by atoms with Crippen LogP contribution in [0.25, 0.3) is 10.8 Å². The molecule has 4 rings (SSSR count). The number of nitrogens with zero attached hydrogens (tertiary/aromatic N) is 4. The van der Waals surface area contributed by atoms with Gasteiger partial charge in [0.15, 0.2) is 0 Å². The molecule has 1 unspecified atom stereocenters. The Morgan fingerprint density at radius 2 is 1.86 bits per heavy atom. The van der Waals surface area contributed by atoms with Gasteiger partial charge in [-0.2, -0.15) is 4.31 Å². The van der Waals surface area contributed by atoms with E-state index in [9.17, 15) is 8.42 Å². The van der Waals surface area contributed by atoms with Crippen molar-refractivity contribution in [3.8, 4) is 10.8 Å². The van der Waals surface area contributed by atoms with Gasteiger partial charge in [0.25, 0.3) is 5.89 Å². The summed E-state index contributed by atoms with van der Waals surface area (Å²) in [5, 5.41) is 10.5. The SMILES string of the molecule is CC(c1nnc(-c2cccs2)o1)N1CCN(S(=O)(=O)c2cccc(Cl)c2Cl)CC1. The van der Waals surface area contributed by atoms with Crippen LogP contribution in [0.3, 0.4) is 0 Å². The summed E-state index contributed by atoms with van der Waals surface area (Å²) in [6, 6.07) is 8.37. The van der Waals surface area contributed by atoms with Crippen LogP contribution in [0.4, 0.5) is 0 Å². The first kappa shape index (κ1) is 20.8. The van der Waals surface area contributed by atoms with Gasteiger partial charge in [-0.3, -0.25) is 4.90 Å². The van der Waals surface area contributed by atoms with E-state index in [4.69, 9.17) is 27.6 Å². The van der Waals surface area contributed by atoms with E-state index in [1.807, 2.05) is 24.4 Å². The minimum absolute atomic E-state index is 0.0330. The number of piperazine rings is 1. The van der Waals surface area contributed by atoms with Crippen molar-refractivity contribution in [2.75, 3.05) is 26.2 Å². The van der Waals surface area contributed by atoms with Crippen molar-refractivity contribution in [1.29, 1.82) is 0 Å². The second-order valence-electron chi connectivity index (χ2n) is 6.59. The molecule has 0 amide bonds. The Hall–Kier alpha value is -1.49. The van der Waals surface area contributed by atoms with Crippen molar-refractivity contribution in [2.24, 2.45) is 0 Å². The predicted molar refractivity (Wildman–Crippen MR) is 113 cm³/mol. The monoisotopic (exact) mass is 472 g/mol. The van der Waals surface area contributed by atoms with Crippen LogP contribution in [0.5, 0.6) is 0 Å². The van der Waals surface area contributed by atoms with E-state index in [1.54, 1.807) is 12.1 Å². The predicted octanol–water partition coefficient (Wildman–Crippen LogP) is 4.17. The highest BCUT2D eigenvalue weighted by Gasteiger charge is 2.33. The van der Waals surface area contributed by atoms with Crippen LogP contribution in [-0.2, 0) is 10.0 Å². The molecule has 7 nitrogen and oxygen atoms in total. The van der Waals surface area contributed by atoms with Crippen LogP contribution in [0.15, 0.2) is 45.0 Å². The van der Waals surface area contributed by atoms with Crippen LogP contribution in [0.1, 0.15) is 18.9 Å². The molecule has 0 N–H and O–H groups in total. The van der Waals surface area contributed by atoms with Gasteiger partial charge in [-0.15, -0.1) is 21.5 Å². The van der Waals surface area contributed by atoms with Gasteiger partial charge in [0.1, 0.15) is 4.90 Å². The zero-order chi connectivity index (χ0) is 20.6. The van der Waals surface area contributed by atoms with E-state index in [2.05, 4.69) is 15.1 Å². The average molecular weight is 473 g/mol. The van der Waals surface area contributed by atoms with E-state index in [0.717, 1.165) is 4.88 Å². The summed E-state index contributed by atoms with van der Waals surface area (Å²) in [5.41, 5.74) is 0. The molecule has 154 valence electrons. The summed E-state index contributed by atoms with van der Waals surface area (Å²) in [4.78, 5) is 3.08. The zero-order valence-corrected chi connectivity index (χ0v) is 18.6. The van der Waals surface area contributed by atoms with Crippen LogP contribution < -0.4 is 0 Å². The molecule has 1 atom stereocenters. The summed E-state index contributed by atoms with van der Waals surface area (Å²) in [7, 11) is -3.71. The second kappa shape index (κ2) is 8.33. The van der Waals surface area contributed by atoms with Gasteiger partial charge < -0.3 is 4.42 Å². The van der Waals surface area contributed by atoms with Crippen LogP contribution in [0.2, 0.25) is 10.0 Å². The van der Waals surface area contributed by atoms with Gasteiger partial charge in [0, 0.05) is 26.2 Å². The highest BCUT2D eigenvalue weighted by molar-refractivity contribution is 7.89. The molecule has 0 saturated carbocycles. The molecule has 0 radical (unpaired) electrons. The Balaban J connectivity index is 1.44. The zero-order valence-electron chi connectivity index (χ0n) is 15.5. The standard InChI is InChI=1S/C18H18Cl2N4O3S2/c1-12(17-21-22-18(27-17)14-5-3-11-28-14)23-7-9-24(10-8-23)29(25,26)15-6-2-4-13(19)16(15)20/h2-6,11-12H,7-10H2,1H3. The molecule has 1 saturated heterocycles. The lowest BCUT2D eigenvalue weighted by molar-refractivity contribution is 0.129. The van der Waals surface area contributed by atoms with Gasteiger partial charge in [0.05, 0.1) is 21.0 Å². The first-order chi connectivity index (χ1) is 13.9. The van der Waals surface area contributed by atoms with Gasteiger partial charge >= 0.3 is 0 Å². The fourth-order valence-corrected chi connectivity index (χ4v) is 6.02. The third-order valence-corrected chi connectivity index (χ3v) is 8.61. The number of aromatic nitrogens is 2. The van der Waals surface area contributed by atoms with Crippen LogP contribution >= 0.6 is 34.5 Å².